The molecule has 3 aliphatic rings. The van der Waals surface area contributed by atoms with Crippen molar-refractivity contribution in [1.82, 2.24) is 4.90 Å². The summed E-state index contributed by atoms with van der Waals surface area (Å²) in [5.41, 5.74) is 3.01. The third-order valence-electron chi connectivity index (χ3n) is 6.40. The van der Waals surface area contributed by atoms with Crippen LogP contribution in [0.1, 0.15) is 22.2 Å². The first kappa shape index (κ1) is 19.2. The Morgan fingerprint density at radius 3 is 2.60 bits per heavy atom. The third-order valence-corrected chi connectivity index (χ3v) is 7.28. The van der Waals surface area contributed by atoms with E-state index in [-0.39, 0.29) is 36.8 Å². The molecule has 0 aliphatic carbocycles. The van der Waals surface area contributed by atoms with Crippen molar-refractivity contribution in [2.24, 2.45) is 11.8 Å². The number of imide groups is 1. The standard InChI is InChI=1S/C23H22N2O4S/c1-13-12-16-18-19(23(28)24(22(18)27)9-10-29-2)20(21(26)17-8-5-11-30-17)25(16)15-7-4-3-6-14(13)15/h3-8,11-12,16,18-20H,9-10H2,1-2H3/t16-,18+,19+,20+/m1/s1. The van der Waals surface area contributed by atoms with Crippen molar-refractivity contribution in [2.45, 2.75) is 19.0 Å². The molecule has 2 saturated heterocycles. The Morgan fingerprint density at radius 1 is 1.10 bits per heavy atom. The lowest BCUT2D eigenvalue weighted by atomic mass is 9.86. The second kappa shape index (κ2) is 7.18. The monoisotopic (exact) mass is 422 g/mol. The van der Waals surface area contributed by atoms with E-state index in [1.54, 1.807) is 13.2 Å². The smallest absolute Gasteiger partial charge is 0.235 e. The van der Waals surface area contributed by atoms with E-state index in [2.05, 4.69) is 0 Å². The van der Waals surface area contributed by atoms with E-state index in [1.165, 1.54) is 16.2 Å². The highest BCUT2D eigenvalue weighted by atomic mass is 32.1. The molecule has 6 nitrogen and oxygen atoms in total. The molecule has 2 aromatic rings. The summed E-state index contributed by atoms with van der Waals surface area (Å²) in [6.07, 6.45) is 2.05. The number of methoxy groups -OCH3 is 1. The SMILES string of the molecule is COCCN1C(=O)[C@@H]2[C@H](C1=O)[C@@H](C(=O)c1cccs1)N1c3ccccc3C(C)=C[C@H]21. The molecule has 0 saturated carbocycles. The number of likely N-dealkylation sites (tertiary alicyclic amines) is 1. The van der Waals surface area contributed by atoms with Gasteiger partial charge in [0.1, 0.15) is 6.04 Å². The molecule has 2 amide bonds. The van der Waals surface area contributed by atoms with Crippen molar-refractivity contribution in [3.63, 3.8) is 0 Å². The Balaban J connectivity index is 1.65. The summed E-state index contributed by atoms with van der Waals surface area (Å²) in [7, 11) is 1.54. The predicted molar refractivity (Wildman–Crippen MR) is 114 cm³/mol. The van der Waals surface area contributed by atoms with Gasteiger partial charge in [-0.15, -0.1) is 11.3 Å². The van der Waals surface area contributed by atoms with Crippen LogP contribution in [0.3, 0.4) is 0 Å². The van der Waals surface area contributed by atoms with E-state index in [0.717, 1.165) is 16.8 Å². The van der Waals surface area contributed by atoms with E-state index in [0.29, 0.717) is 4.88 Å². The maximum atomic E-state index is 13.6. The molecule has 30 heavy (non-hydrogen) atoms. The maximum Gasteiger partial charge on any atom is 0.235 e. The van der Waals surface area contributed by atoms with Crippen LogP contribution in [0.2, 0.25) is 0 Å². The lowest BCUT2D eigenvalue weighted by molar-refractivity contribution is -0.141. The molecule has 0 spiro atoms. The van der Waals surface area contributed by atoms with Gasteiger partial charge in [0, 0.05) is 18.4 Å². The first-order valence-corrected chi connectivity index (χ1v) is 10.9. The van der Waals surface area contributed by atoms with Crippen LogP contribution in [-0.2, 0) is 14.3 Å². The van der Waals surface area contributed by atoms with E-state index in [9.17, 15) is 14.4 Å². The van der Waals surface area contributed by atoms with Crippen molar-refractivity contribution >= 4 is 40.2 Å². The second-order valence-electron chi connectivity index (χ2n) is 7.92. The van der Waals surface area contributed by atoms with Crippen molar-refractivity contribution in [1.29, 1.82) is 0 Å². The molecule has 0 bridgehead atoms. The van der Waals surface area contributed by atoms with Crippen LogP contribution in [0, 0.1) is 11.8 Å². The second-order valence-corrected chi connectivity index (χ2v) is 8.87. The summed E-state index contributed by atoms with van der Waals surface area (Å²) >= 11 is 1.37. The highest BCUT2D eigenvalue weighted by Gasteiger charge is 2.64. The molecule has 0 N–H and O–H groups in total. The number of hydrogen-bond donors (Lipinski definition) is 0. The summed E-state index contributed by atoms with van der Waals surface area (Å²) in [6.45, 7) is 2.52. The number of rotatable bonds is 5. The summed E-state index contributed by atoms with van der Waals surface area (Å²) < 4.78 is 5.09. The van der Waals surface area contributed by atoms with Crippen molar-refractivity contribution in [3.8, 4) is 0 Å². The van der Waals surface area contributed by atoms with Gasteiger partial charge in [-0.3, -0.25) is 19.3 Å². The third kappa shape index (κ3) is 2.62. The average molecular weight is 423 g/mol. The predicted octanol–water partition coefficient (Wildman–Crippen LogP) is 2.85. The van der Waals surface area contributed by atoms with Crippen LogP contribution in [-0.4, -0.2) is 54.8 Å². The minimum Gasteiger partial charge on any atom is -0.383 e. The number of ketones is 1. The summed E-state index contributed by atoms with van der Waals surface area (Å²) in [5.74, 6) is -1.83. The number of Topliss-reactive ketones (excluding diaryl/α,β-unsaturated/α-hetero) is 1. The first-order chi connectivity index (χ1) is 14.5. The molecule has 1 aromatic carbocycles. The summed E-state index contributed by atoms with van der Waals surface area (Å²) in [5, 5.41) is 1.86. The van der Waals surface area contributed by atoms with Gasteiger partial charge in [0.05, 0.1) is 35.9 Å². The van der Waals surface area contributed by atoms with E-state index in [1.807, 2.05) is 53.6 Å². The number of nitrogens with zero attached hydrogens (tertiary/aromatic N) is 2. The Morgan fingerprint density at radius 2 is 1.87 bits per heavy atom. The van der Waals surface area contributed by atoms with Crippen LogP contribution in [0.5, 0.6) is 0 Å². The topological polar surface area (TPSA) is 66.9 Å². The van der Waals surface area contributed by atoms with Gasteiger partial charge in [-0.1, -0.05) is 30.3 Å². The Labute approximate surface area is 178 Å². The van der Waals surface area contributed by atoms with E-state index >= 15 is 0 Å². The molecule has 154 valence electrons. The molecule has 4 atom stereocenters. The lowest BCUT2D eigenvalue weighted by Crippen LogP contribution is -2.49. The number of carbonyl (C=O) groups excluding carboxylic acids is 3. The van der Waals surface area contributed by atoms with Crippen LogP contribution in [0.25, 0.3) is 5.57 Å². The molecule has 0 unspecified atom stereocenters. The minimum absolute atomic E-state index is 0.0972. The highest BCUT2D eigenvalue weighted by molar-refractivity contribution is 7.12. The van der Waals surface area contributed by atoms with Gasteiger partial charge in [-0.05, 0) is 30.0 Å². The minimum atomic E-state index is -0.701. The normalized spacial score (nSPS) is 27.1. The number of thiophene rings is 1. The van der Waals surface area contributed by atoms with E-state index in [4.69, 9.17) is 4.74 Å². The highest BCUT2D eigenvalue weighted by Crippen LogP contribution is 2.50. The lowest BCUT2D eigenvalue weighted by Gasteiger charge is -2.37. The molecular formula is C23H22N2O4S. The molecule has 7 heteroatoms. The van der Waals surface area contributed by atoms with Crippen molar-refractivity contribution < 1.29 is 19.1 Å². The molecule has 5 rings (SSSR count). The number of para-hydroxylation sites is 1. The van der Waals surface area contributed by atoms with Crippen LogP contribution < -0.4 is 4.90 Å². The largest absolute Gasteiger partial charge is 0.383 e. The number of anilines is 1. The van der Waals surface area contributed by atoms with Crippen molar-refractivity contribution in [3.05, 3.63) is 58.3 Å². The maximum absolute atomic E-state index is 13.6. The van der Waals surface area contributed by atoms with Gasteiger partial charge in [0.2, 0.25) is 11.8 Å². The van der Waals surface area contributed by atoms with Crippen LogP contribution in [0.4, 0.5) is 5.69 Å². The molecule has 0 radical (unpaired) electrons. The molecular weight excluding hydrogens is 400 g/mol. The van der Waals surface area contributed by atoms with Gasteiger partial charge in [-0.25, -0.2) is 0 Å². The molecule has 1 aromatic heterocycles. The quantitative estimate of drug-likeness (QED) is 0.548. The molecule has 3 aliphatic heterocycles. The zero-order valence-corrected chi connectivity index (χ0v) is 17.6. The zero-order chi connectivity index (χ0) is 21.0. The Bertz CT molecular complexity index is 1060. The molecule has 4 heterocycles. The van der Waals surface area contributed by atoms with Gasteiger partial charge < -0.3 is 9.64 Å². The fraction of sp³-hybridized carbons (Fsp3) is 0.348. The van der Waals surface area contributed by atoms with Gasteiger partial charge in [0.15, 0.2) is 5.78 Å². The van der Waals surface area contributed by atoms with Gasteiger partial charge in [-0.2, -0.15) is 0 Å². The van der Waals surface area contributed by atoms with Gasteiger partial charge in [0.25, 0.3) is 0 Å². The first-order valence-electron chi connectivity index (χ1n) is 10.0. The van der Waals surface area contributed by atoms with Crippen LogP contribution in [0.15, 0.2) is 47.9 Å². The Kier molecular flexibility index (Phi) is 4.60. The number of ether oxygens (including phenoxy) is 1. The number of allylic oxidation sites excluding steroid dienone is 1. The fourth-order valence-electron chi connectivity index (χ4n) is 5.13. The van der Waals surface area contributed by atoms with Gasteiger partial charge >= 0.3 is 0 Å². The number of hydrogen-bond acceptors (Lipinski definition) is 6. The Hall–Kier alpha value is -2.77. The van der Waals surface area contributed by atoms with E-state index < -0.39 is 17.9 Å². The fourth-order valence-corrected chi connectivity index (χ4v) is 5.82. The number of carbonyl (C=O) groups is 3. The van der Waals surface area contributed by atoms with Crippen LogP contribution >= 0.6 is 11.3 Å². The molecule has 2 fully saturated rings. The number of fused-ring (bicyclic) bond motifs is 5. The number of benzene rings is 1. The summed E-state index contributed by atoms with van der Waals surface area (Å²) in [4.78, 5) is 44.2. The average Bonchev–Trinajstić information content (AvgIpc) is 3.44. The number of amides is 2. The summed E-state index contributed by atoms with van der Waals surface area (Å²) in [6, 6.07) is 10.5. The van der Waals surface area contributed by atoms with Crippen molar-refractivity contribution in [2.75, 3.05) is 25.2 Å². The zero-order valence-electron chi connectivity index (χ0n) is 16.8.